The van der Waals surface area contributed by atoms with Gasteiger partial charge in [-0.2, -0.15) is 0 Å². The zero-order valence-electron chi connectivity index (χ0n) is 15.7. The minimum Gasteiger partial charge on any atom is -0.350 e. The quantitative estimate of drug-likeness (QED) is 0.602. The molecule has 27 heavy (non-hydrogen) atoms. The number of anilines is 1. The summed E-state index contributed by atoms with van der Waals surface area (Å²) in [6.07, 6.45) is 10.2. The van der Waals surface area contributed by atoms with E-state index >= 15 is 0 Å². The monoisotopic (exact) mass is 361 g/mol. The van der Waals surface area contributed by atoms with E-state index in [-0.39, 0.29) is 0 Å². The third-order valence-electron chi connectivity index (χ3n) is 5.57. The lowest BCUT2D eigenvalue weighted by molar-refractivity contribution is 0.460. The number of pyridine rings is 1. The molecule has 0 spiro atoms. The van der Waals surface area contributed by atoms with Gasteiger partial charge in [-0.15, -0.1) is 5.10 Å². The summed E-state index contributed by atoms with van der Waals surface area (Å²) in [7, 11) is 1.99. The Morgan fingerprint density at radius 2 is 1.93 bits per heavy atom. The van der Waals surface area contributed by atoms with Crippen molar-refractivity contribution in [2.45, 2.75) is 45.1 Å². The zero-order chi connectivity index (χ0) is 18.4. The van der Waals surface area contributed by atoms with Crippen LogP contribution in [0, 0.1) is 6.92 Å². The first-order valence-corrected chi connectivity index (χ1v) is 9.60. The summed E-state index contributed by atoms with van der Waals surface area (Å²) in [5.41, 5.74) is 4.69. The first kappa shape index (κ1) is 16.2. The second-order valence-electron chi connectivity index (χ2n) is 7.38. The van der Waals surface area contributed by atoms with Gasteiger partial charge in [-0.25, -0.2) is 19.5 Å². The number of imidazole rings is 1. The molecule has 1 saturated carbocycles. The fourth-order valence-electron chi connectivity index (χ4n) is 3.94. The molecular weight excluding hydrogens is 338 g/mol. The van der Waals surface area contributed by atoms with Crippen molar-refractivity contribution >= 4 is 22.6 Å². The lowest BCUT2D eigenvalue weighted by Crippen LogP contribution is -2.23. The van der Waals surface area contributed by atoms with Crippen LogP contribution in [0.15, 0.2) is 30.6 Å². The molecule has 0 aliphatic heterocycles. The number of nitrogens with one attached hydrogen (secondary N) is 1. The van der Waals surface area contributed by atoms with Crippen LogP contribution in [0.5, 0.6) is 0 Å². The second-order valence-corrected chi connectivity index (χ2v) is 7.38. The molecule has 0 bridgehead atoms. The first-order valence-electron chi connectivity index (χ1n) is 9.60. The Morgan fingerprint density at radius 1 is 1.07 bits per heavy atom. The number of aryl methyl sites for hydroxylation is 2. The molecule has 4 aromatic heterocycles. The summed E-state index contributed by atoms with van der Waals surface area (Å²) in [6.45, 7) is 1.99. The largest absolute Gasteiger partial charge is 0.350 e. The summed E-state index contributed by atoms with van der Waals surface area (Å²) in [5, 5.41) is 8.13. The third-order valence-corrected chi connectivity index (χ3v) is 5.57. The summed E-state index contributed by atoms with van der Waals surface area (Å²) in [5.74, 6) is 1.65. The minimum atomic E-state index is 0.489. The van der Waals surface area contributed by atoms with Crippen LogP contribution in [-0.2, 0) is 7.05 Å². The van der Waals surface area contributed by atoms with E-state index in [2.05, 4.69) is 20.4 Å². The number of fused-ring (bicyclic) bond motifs is 2. The fraction of sp³-hybridized carbons (Fsp3) is 0.400. The Kier molecular flexibility index (Phi) is 3.81. The number of hydrogen-bond donors (Lipinski definition) is 1. The second kappa shape index (κ2) is 6.33. The molecule has 0 radical (unpaired) electrons. The average molecular weight is 361 g/mol. The van der Waals surface area contributed by atoms with Crippen LogP contribution >= 0.6 is 0 Å². The molecule has 0 atom stereocenters. The van der Waals surface area contributed by atoms with Gasteiger partial charge in [0.15, 0.2) is 5.65 Å². The van der Waals surface area contributed by atoms with Gasteiger partial charge in [0, 0.05) is 24.8 Å². The van der Waals surface area contributed by atoms with Gasteiger partial charge < -0.3 is 9.88 Å². The van der Waals surface area contributed by atoms with Crippen LogP contribution in [0.1, 0.15) is 37.9 Å². The lowest BCUT2D eigenvalue weighted by Gasteiger charge is -2.22. The summed E-state index contributed by atoms with van der Waals surface area (Å²) >= 11 is 0. The minimum absolute atomic E-state index is 0.489. The Labute approximate surface area is 157 Å². The van der Waals surface area contributed by atoms with Crippen molar-refractivity contribution in [3.63, 3.8) is 0 Å². The van der Waals surface area contributed by atoms with Gasteiger partial charge in [-0.3, -0.25) is 0 Å². The SMILES string of the molecule is Cc1nc2ccc(-c3ccn4nc(NC5CCCCC5)ncc34)nc2n1C. The van der Waals surface area contributed by atoms with Crippen molar-refractivity contribution in [3.05, 3.63) is 36.4 Å². The molecule has 7 heteroatoms. The Bertz CT molecular complexity index is 1120. The topological polar surface area (TPSA) is 72.9 Å². The molecule has 5 rings (SSSR count). The molecule has 138 valence electrons. The van der Waals surface area contributed by atoms with Crippen molar-refractivity contribution in [2.24, 2.45) is 7.05 Å². The molecule has 1 aliphatic carbocycles. The highest BCUT2D eigenvalue weighted by atomic mass is 15.3. The average Bonchev–Trinajstić information content (AvgIpc) is 3.23. The van der Waals surface area contributed by atoms with Gasteiger partial charge >= 0.3 is 0 Å². The highest BCUT2D eigenvalue weighted by Gasteiger charge is 2.16. The van der Waals surface area contributed by atoms with E-state index in [1.54, 1.807) is 0 Å². The summed E-state index contributed by atoms with van der Waals surface area (Å²) in [4.78, 5) is 13.9. The van der Waals surface area contributed by atoms with E-state index in [1.807, 2.05) is 53.6 Å². The Morgan fingerprint density at radius 3 is 2.78 bits per heavy atom. The molecule has 1 aliphatic rings. The van der Waals surface area contributed by atoms with Gasteiger partial charge in [0.25, 0.3) is 0 Å². The molecule has 0 saturated heterocycles. The Balaban J connectivity index is 1.50. The molecular formula is C20H23N7. The normalized spacial score (nSPS) is 15.6. The van der Waals surface area contributed by atoms with E-state index < -0.39 is 0 Å². The van der Waals surface area contributed by atoms with Crippen molar-refractivity contribution in [1.29, 1.82) is 0 Å². The highest BCUT2D eigenvalue weighted by molar-refractivity contribution is 5.82. The lowest BCUT2D eigenvalue weighted by atomic mass is 9.96. The highest BCUT2D eigenvalue weighted by Crippen LogP contribution is 2.26. The molecule has 0 amide bonds. The molecule has 4 aromatic rings. The van der Waals surface area contributed by atoms with E-state index in [1.165, 1.54) is 32.1 Å². The van der Waals surface area contributed by atoms with E-state index in [9.17, 15) is 0 Å². The predicted octanol–water partition coefficient (Wildman–Crippen LogP) is 3.73. The van der Waals surface area contributed by atoms with Crippen molar-refractivity contribution in [3.8, 4) is 11.3 Å². The van der Waals surface area contributed by atoms with Crippen molar-refractivity contribution in [2.75, 3.05) is 5.32 Å². The molecule has 0 unspecified atom stereocenters. The van der Waals surface area contributed by atoms with E-state index in [0.717, 1.165) is 33.8 Å². The third kappa shape index (κ3) is 2.83. The summed E-state index contributed by atoms with van der Waals surface area (Å²) < 4.78 is 3.90. The van der Waals surface area contributed by atoms with E-state index in [4.69, 9.17) is 4.98 Å². The number of aromatic nitrogens is 6. The number of nitrogens with zero attached hydrogens (tertiary/aromatic N) is 6. The predicted molar refractivity (Wildman–Crippen MR) is 106 cm³/mol. The van der Waals surface area contributed by atoms with Crippen LogP contribution in [-0.4, -0.2) is 35.2 Å². The molecule has 7 nitrogen and oxygen atoms in total. The van der Waals surface area contributed by atoms with Crippen LogP contribution in [0.25, 0.3) is 27.9 Å². The number of hydrogen-bond acceptors (Lipinski definition) is 5. The molecule has 0 aromatic carbocycles. The maximum absolute atomic E-state index is 4.82. The van der Waals surface area contributed by atoms with Gasteiger partial charge in [0.2, 0.25) is 5.95 Å². The van der Waals surface area contributed by atoms with E-state index in [0.29, 0.717) is 12.0 Å². The van der Waals surface area contributed by atoms with Crippen LogP contribution < -0.4 is 5.32 Å². The van der Waals surface area contributed by atoms with Gasteiger partial charge in [-0.1, -0.05) is 19.3 Å². The van der Waals surface area contributed by atoms with Crippen LogP contribution in [0.4, 0.5) is 5.95 Å². The fourth-order valence-corrected chi connectivity index (χ4v) is 3.94. The molecule has 1 fully saturated rings. The molecule has 4 heterocycles. The van der Waals surface area contributed by atoms with Crippen molar-refractivity contribution < 1.29 is 0 Å². The standard InChI is InChI=1S/C20H23N7/c1-13-22-17-9-8-16(24-19(17)26(13)2)15-10-11-27-18(15)12-21-20(25-27)23-14-6-4-3-5-7-14/h8-12,14H,3-7H2,1-2H3,(H,23,25). The van der Waals surface area contributed by atoms with Gasteiger partial charge in [0.1, 0.15) is 11.3 Å². The zero-order valence-corrected chi connectivity index (χ0v) is 15.7. The molecule has 1 N–H and O–H groups in total. The van der Waals surface area contributed by atoms with Gasteiger partial charge in [-0.05, 0) is 38.0 Å². The summed E-state index contributed by atoms with van der Waals surface area (Å²) in [6, 6.07) is 6.57. The number of rotatable bonds is 3. The maximum Gasteiger partial charge on any atom is 0.241 e. The maximum atomic E-state index is 4.82. The van der Waals surface area contributed by atoms with Crippen LogP contribution in [0.2, 0.25) is 0 Å². The van der Waals surface area contributed by atoms with Gasteiger partial charge in [0.05, 0.1) is 17.4 Å². The van der Waals surface area contributed by atoms with Crippen LogP contribution in [0.3, 0.4) is 0 Å². The smallest absolute Gasteiger partial charge is 0.241 e. The first-order chi connectivity index (χ1) is 13.2. The Hall–Kier alpha value is -2.96. The van der Waals surface area contributed by atoms with Crippen molar-refractivity contribution in [1.82, 2.24) is 29.1 Å².